The van der Waals surface area contributed by atoms with Crippen molar-refractivity contribution in [1.29, 1.82) is 0 Å². The summed E-state index contributed by atoms with van der Waals surface area (Å²) in [6.45, 7) is 6.47. The van der Waals surface area contributed by atoms with Crippen LogP contribution in [0.1, 0.15) is 13.8 Å². The fourth-order valence-corrected chi connectivity index (χ4v) is 1.34. The third-order valence-electron chi connectivity index (χ3n) is 2.31. The van der Waals surface area contributed by atoms with E-state index in [1.165, 1.54) is 6.92 Å². The third-order valence-corrected chi connectivity index (χ3v) is 2.31. The molecule has 0 heterocycles. The number of carbonyl (C=O) groups excluding carboxylic acids is 2. The van der Waals surface area contributed by atoms with Gasteiger partial charge in [-0.1, -0.05) is 43.0 Å². The number of hydrogen-bond acceptors (Lipinski definition) is 4. The highest BCUT2D eigenvalue weighted by atomic mass is 16.5. The highest BCUT2D eigenvalue weighted by Crippen LogP contribution is 2.09. The molecule has 0 saturated carbocycles. The summed E-state index contributed by atoms with van der Waals surface area (Å²) in [5.74, 6) is 0.466. The van der Waals surface area contributed by atoms with Crippen molar-refractivity contribution in [2.75, 3.05) is 0 Å². The van der Waals surface area contributed by atoms with Crippen molar-refractivity contribution in [1.82, 2.24) is 0 Å². The lowest BCUT2D eigenvalue weighted by Crippen LogP contribution is -2.07. The molecule has 2 aromatic rings. The van der Waals surface area contributed by atoms with Gasteiger partial charge in [-0.3, -0.25) is 4.79 Å². The van der Waals surface area contributed by atoms with E-state index in [0.29, 0.717) is 17.1 Å². The molecular formula is C18H18O4. The van der Waals surface area contributed by atoms with Gasteiger partial charge in [0.15, 0.2) is 0 Å². The van der Waals surface area contributed by atoms with E-state index in [0.717, 1.165) is 0 Å². The van der Waals surface area contributed by atoms with Crippen LogP contribution in [-0.4, -0.2) is 11.9 Å². The molecule has 0 aliphatic rings. The highest BCUT2D eigenvalue weighted by molar-refractivity contribution is 5.88. The van der Waals surface area contributed by atoms with Crippen LogP contribution in [0.15, 0.2) is 72.8 Å². The molecule has 114 valence electrons. The molecule has 0 atom stereocenters. The van der Waals surface area contributed by atoms with Gasteiger partial charge < -0.3 is 9.47 Å². The van der Waals surface area contributed by atoms with Gasteiger partial charge >= 0.3 is 11.9 Å². The molecule has 0 amide bonds. The van der Waals surface area contributed by atoms with E-state index < -0.39 is 0 Å². The lowest BCUT2D eigenvalue weighted by atomic mass is 10.3. The summed E-state index contributed by atoms with van der Waals surface area (Å²) in [5.41, 5.74) is 0.402. The van der Waals surface area contributed by atoms with Crippen LogP contribution < -0.4 is 9.47 Å². The Kier molecular flexibility index (Phi) is 7.13. The number of hydrogen-bond donors (Lipinski definition) is 0. The average Bonchev–Trinajstić information content (AvgIpc) is 2.49. The van der Waals surface area contributed by atoms with E-state index in [1.54, 1.807) is 43.3 Å². The summed E-state index contributed by atoms with van der Waals surface area (Å²) in [4.78, 5) is 21.4. The van der Waals surface area contributed by atoms with Crippen molar-refractivity contribution in [2.24, 2.45) is 0 Å². The van der Waals surface area contributed by atoms with E-state index in [1.807, 2.05) is 24.3 Å². The Hall–Kier alpha value is -2.88. The van der Waals surface area contributed by atoms with Crippen LogP contribution in [0.25, 0.3) is 0 Å². The molecular weight excluding hydrogens is 280 g/mol. The van der Waals surface area contributed by atoms with Crippen LogP contribution in [0.2, 0.25) is 0 Å². The Morgan fingerprint density at radius 3 is 1.55 bits per heavy atom. The lowest BCUT2D eigenvalue weighted by molar-refractivity contribution is -0.132. The Morgan fingerprint density at radius 2 is 1.18 bits per heavy atom. The number of carbonyl (C=O) groups is 2. The molecule has 4 nitrogen and oxygen atoms in total. The van der Waals surface area contributed by atoms with Gasteiger partial charge in [0.05, 0.1) is 0 Å². The van der Waals surface area contributed by atoms with Crippen LogP contribution in [0.3, 0.4) is 0 Å². The smallest absolute Gasteiger partial charge is 0.338 e. The molecule has 0 aliphatic heterocycles. The zero-order valence-electron chi connectivity index (χ0n) is 12.6. The monoisotopic (exact) mass is 298 g/mol. The van der Waals surface area contributed by atoms with Crippen LogP contribution in [-0.2, 0) is 9.59 Å². The predicted molar refractivity (Wildman–Crippen MR) is 84.6 cm³/mol. The first-order chi connectivity index (χ1) is 10.5. The normalized spacial score (nSPS) is 9.00. The van der Waals surface area contributed by atoms with E-state index in [4.69, 9.17) is 9.47 Å². The summed E-state index contributed by atoms with van der Waals surface area (Å²) < 4.78 is 9.71. The number of benzene rings is 2. The molecule has 0 spiro atoms. The van der Waals surface area contributed by atoms with Crippen molar-refractivity contribution >= 4 is 11.9 Å². The molecule has 0 aliphatic carbocycles. The molecule has 0 N–H and O–H groups in total. The average molecular weight is 298 g/mol. The Balaban J connectivity index is 0.000000224. The Labute approximate surface area is 130 Å². The van der Waals surface area contributed by atoms with E-state index in [-0.39, 0.29) is 11.9 Å². The van der Waals surface area contributed by atoms with Gasteiger partial charge in [-0.2, -0.15) is 0 Å². The largest absolute Gasteiger partial charge is 0.427 e. The summed E-state index contributed by atoms with van der Waals surface area (Å²) in [6, 6.07) is 17.9. The fourth-order valence-electron chi connectivity index (χ4n) is 1.34. The van der Waals surface area contributed by atoms with Crippen molar-refractivity contribution in [3.63, 3.8) is 0 Å². The first kappa shape index (κ1) is 17.2. The standard InChI is InChI=1S/C10H10O2.C8H8O2/c1-8(2)10(11)12-9-6-4-3-5-7-9;1-7(9)10-8-5-3-2-4-6-8/h3-7H,1H2,2H3;2-6H,1H3. The Morgan fingerprint density at radius 1 is 0.773 bits per heavy atom. The molecule has 0 fully saturated rings. The van der Waals surface area contributed by atoms with Gasteiger partial charge in [0, 0.05) is 12.5 Å². The first-order valence-electron chi connectivity index (χ1n) is 6.65. The molecule has 0 aromatic heterocycles. The second kappa shape index (κ2) is 9.13. The lowest BCUT2D eigenvalue weighted by Gasteiger charge is -2.01. The third kappa shape index (κ3) is 7.05. The van der Waals surface area contributed by atoms with Crippen molar-refractivity contribution in [3.05, 3.63) is 72.8 Å². The number of ether oxygens (including phenoxy) is 2. The summed E-state index contributed by atoms with van der Waals surface area (Å²) in [5, 5.41) is 0. The SMILES string of the molecule is C=C(C)C(=O)Oc1ccccc1.CC(=O)Oc1ccccc1. The molecule has 22 heavy (non-hydrogen) atoms. The zero-order chi connectivity index (χ0) is 16.4. The van der Waals surface area contributed by atoms with Crippen LogP contribution in [0.5, 0.6) is 11.5 Å². The van der Waals surface area contributed by atoms with Crippen molar-refractivity contribution in [2.45, 2.75) is 13.8 Å². The topological polar surface area (TPSA) is 52.6 Å². The first-order valence-corrected chi connectivity index (χ1v) is 6.65. The van der Waals surface area contributed by atoms with E-state index in [2.05, 4.69) is 6.58 Å². The van der Waals surface area contributed by atoms with Crippen molar-refractivity contribution in [3.8, 4) is 11.5 Å². The second-order valence-electron chi connectivity index (χ2n) is 4.39. The molecule has 0 bridgehead atoms. The minimum atomic E-state index is -0.388. The second-order valence-corrected chi connectivity index (χ2v) is 4.39. The fraction of sp³-hybridized carbons (Fsp3) is 0.111. The van der Waals surface area contributed by atoms with Crippen LogP contribution >= 0.6 is 0 Å². The van der Waals surface area contributed by atoms with Gasteiger partial charge in [-0.15, -0.1) is 0 Å². The summed E-state index contributed by atoms with van der Waals surface area (Å²) in [7, 11) is 0. The van der Waals surface area contributed by atoms with Gasteiger partial charge in [-0.05, 0) is 31.2 Å². The Bertz CT molecular complexity index is 618. The summed E-state index contributed by atoms with van der Waals surface area (Å²) in [6.07, 6.45) is 0. The van der Waals surface area contributed by atoms with E-state index in [9.17, 15) is 9.59 Å². The minimum absolute atomic E-state index is 0.286. The number of rotatable bonds is 3. The minimum Gasteiger partial charge on any atom is -0.427 e. The maximum absolute atomic E-state index is 11.0. The maximum Gasteiger partial charge on any atom is 0.338 e. The predicted octanol–water partition coefficient (Wildman–Crippen LogP) is 3.78. The van der Waals surface area contributed by atoms with E-state index >= 15 is 0 Å². The molecule has 0 unspecified atom stereocenters. The molecule has 0 radical (unpaired) electrons. The van der Waals surface area contributed by atoms with Crippen molar-refractivity contribution < 1.29 is 19.1 Å². The molecule has 2 rings (SSSR count). The van der Waals surface area contributed by atoms with Gasteiger partial charge in [0.25, 0.3) is 0 Å². The van der Waals surface area contributed by atoms with Crippen LogP contribution in [0, 0.1) is 0 Å². The number of para-hydroxylation sites is 2. The molecule has 2 aromatic carbocycles. The van der Waals surface area contributed by atoms with Gasteiger partial charge in [0.2, 0.25) is 0 Å². The maximum atomic E-state index is 11.0. The quantitative estimate of drug-likeness (QED) is 0.491. The number of esters is 2. The molecule has 0 saturated heterocycles. The van der Waals surface area contributed by atoms with Gasteiger partial charge in [0.1, 0.15) is 11.5 Å². The molecule has 4 heteroatoms. The zero-order valence-corrected chi connectivity index (χ0v) is 12.6. The van der Waals surface area contributed by atoms with Gasteiger partial charge in [-0.25, -0.2) is 4.79 Å². The summed E-state index contributed by atoms with van der Waals surface area (Å²) >= 11 is 0. The van der Waals surface area contributed by atoms with Crippen LogP contribution in [0.4, 0.5) is 0 Å². The highest BCUT2D eigenvalue weighted by Gasteiger charge is 2.03.